The number of halogens is 1. The van der Waals surface area contributed by atoms with Crippen molar-refractivity contribution in [3.63, 3.8) is 0 Å². The molecule has 0 aliphatic rings. The molecular weight excluding hydrogens is 334 g/mol. The van der Waals surface area contributed by atoms with Gasteiger partial charge in [-0.15, -0.1) is 0 Å². The predicted molar refractivity (Wildman–Crippen MR) is 91.8 cm³/mol. The van der Waals surface area contributed by atoms with Crippen LogP contribution in [0.15, 0.2) is 53.6 Å². The van der Waals surface area contributed by atoms with Crippen LogP contribution in [-0.2, 0) is 16.6 Å². The first kappa shape index (κ1) is 17.9. The summed E-state index contributed by atoms with van der Waals surface area (Å²) in [7, 11) is 0.202. The van der Waals surface area contributed by atoms with Crippen LogP contribution in [0, 0.1) is 0 Å². The number of aromatic nitrogens is 1. The fourth-order valence-corrected chi connectivity index (χ4v) is 3.52. The van der Waals surface area contributed by atoms with E-state index in [4.69, 9.17) is 11.6 Å². The van der Waals surface area contributed by atoms with Gasteiger partial charge in [-0.05, 0) is 31.8 Å². The van der Waals surface area contributed by atoms with Crippen LogP contribution >= 0.6 is 11.6 Å². The molecule has 0 saturated carbocycles. The highest BCUT2D eigenvalue weighted by atomic mass is 35.5. The van der Waals surface area contributed by atoms with Gasteiger partial charge < -0.3 is 4.90 Å². The molecule has 1 aromatic heterocycles. The first-order valence-electron chi connectivity index (χ1n) is 7.20. The van der Waals surface area contributed by atoms with Gasteiger partial charge in [0.1, 0.15) is 10.0 Å². The van der Waals surface area contributed by atoms with Crippen molar-refractivity contribution in [2.45, 2.75) is 11.4 Å². The SMILES string of the molecule is CN(C)CCN(Cc1ccccc1)S(=O)(=O)c1ccc(Cl)nc1. The molecule has 0 unspecified atom stereocenters. The van der Waals surface area contributed by atoms with Crippen molar-refractivity contribution in [3.8, 4) is 0 Å². The van der Waals surface area contributed by atoms with Crippen LogP contribution in [-0.4, -0.2) is 49.8 Å². The largest absolute Gasteiger partial charge is 0.308 e. The average molecular weight is 354 g/mol. The summed E-state index contributed by atoms with van der Waals surface area (Å²) in [6.45, 7) is 1.35. The lowest BCUT2D eigenvalue weighted by Crippen LogP contribution is -2.36. The van der Waals surface area contributed by atoms with Gasteiger partial charge in [-0.2, -0.15) is 4.31 Å². The summed E-state index contributed by atoms with van der Waals surface area (Å²) in [5, 5.41) is 0.270. The lowest BCUT2D eigenvalue weighted by atomic mass is 10.2. The molecule has 0 saturated heterocycles. The second-order valence-corrected chi connectivity index (χ2v) is 7.77. The molecule has 0 spiro atoms. The van der Waals surface area contributed by atoms with Gasteiger partial charge in [0.05, 0.1) is 0 Å². The molecule has 2 aromatic rings. The fraction of sp³-hybridized carbons (Fsp3) is 0.312. The maximum absolute atomic E-state index is 12.9. The zero-order valence-corrected chi connectivity index (χ0v) is 14.8. The van der Waals surface area contributed by atoms with E-state index in [-0.39, 0.29) is 10.0 Å². The van der Waals surface area contributed by atoms with E-state index in [0.717, 1.165) is 5.56 Å². The minimum Gasteiger partial charge on any atom is -0.308 e. The van der Waals surface area contributed by atoms with Crippen LogP contribution in [0.1, 0.15) is 5.56 Å². The summed E-state index contributed by atoms with van der Waals surface area (Å²) in [4.78, 5) is 5.98. The lowest BCUT2D eigenvalue weighted by Gasteiger charge is -2.24. The first-order valence-corrected chi connectivity index (χ1v) is 9.02. The molecule has 0 bridgehead atoms. The Bertz CT molecular complexity index is 719. The Balaban J connectivity index is 2.29. The summed E-state index contributed by atoms with van der Waals surface area (Å²) in [6, 6.07) is 12.5. The third-order valence-corrected chi connectivity index (χ3v) is 5.39. The standard InChI is InChI=1S/C16H20ClN3O2S/c1-19(2)10-11-20(13-14-6-4-3-5-7-14)23(21,22)15-8-9-16(17)18-12-15/h3-9,12H,10-11,13H2,1-2H3. The van der Waals surface area contributed by atoms with Crippen molar-refractivity contribution in [3.05, 3.63) is 59.4 Å². The molecule has 23 heavy (non-hydrogen) atoms. The summed E-state index contributed by atoms with van der Waals surface area (Å²) in [5.74, 6) is 0. The summed E-state index contributed by atoms with van der Waals surface area (Å²) >= 11 is 5.75. The minimum atomic E-state index is -3.63. The van der Waals surface area contributed by atoms with Crippen LogP contribution in [0.25, 0.3) is 0 Å². The van der Waals surface area contributed by atoms with Crippen molar-refractivity contribution in [2.75, 3.05) is 27.2 Å². The Hall–Kier alpha value is -1.47. The number of rotatable bonds is 7. The second kappa shape index (κ2) is 7.88. The summed E-state index contributed by atoms with van der Waals surface area (Å²) in [5.41, 5.74) is 0.941. The van der Waals surface area contributed by atoms with Crippen molar-refractivity contribution < 1.29 is 8.42 Å². The maximum atomic E-state index is 12.9. The van der Waals surface area contributed by atoms with E-state index in [1.165, 1.54) is 22.6 Å². The minimum absolute atomic E-state index is 0.150. The van der Waals surface area contributed by atoms with Gasteiger partial charge in [0.15, 0.2) is 0 Å². The highest BCUT2D eigenvalue weighted by Crippen LogP contribution is 2.19. The van der Waals surface area contributed by atoms with E-state index in [1.807, 2.05) is 49.3 Å². The number of pyridine rings is 1. The zero-order chi connectivity index (χ0) is 16.9. The third kappa shape index (κ3) is 5.00. The van der Waals surface area contributed by atoms with Crippen molar-refractivity contribution in [1.82, 2.24) is 14.2 Å². The third-order valence-electron chi connectivity index (χ3n) is 3.34. The van der Waals surface area contributed by atoms with Gasteiger partial charge in [-0.3, -0.25) is 0 Å². The molecule has 0 aliphatic heterocycles. The van der Waals surface area contributed by atoms with Gasteiger partial charge in [0, 0.05) is 25.8 Å². The molecule has 1 heterocycles. The molecule has 0 N–H and O–H groups in total. The van der Waals surface area contributed by atoms with Crippen molar-refractivity contribution in [2.24, 2.45) is 0 Å². The fourth-order valence-electron chi connectivity index (χ4n) is 2.05. The highest BCUT2D eigenvalue weighted by molar-refractivity contribution is 7.89. The highest BCUT2D eigenvalue weighted by Gasteiger charge is 2.25. The van der Waals surface area contributed by atoms with Crippen LogP contribution in [0.3, 0.4) is 0 Å². The maximum Gasteiger partial charge on any atom is 0.244 e. The average Bonchev–Trinajstić information content (AvgIpc) is 2.52. The van der Waals surface area contributed by atoms with Gasteiger partial charge in [0.2, 0.25) is 10.0 Å². The number of sulfonamides is 1. The van der Waals surface area contributed by atoms with E-state index in [9.17, 15) is 8.42 Å². The molecule has 1 aromatic carbocycles. The topological polar surface area (TPSA) is 53.5 Å². The molecule has 2 rings (SSSR count). The Kier molecular flexibility index (Phi) is 6.12. The molecule has 7 heteroatoms. The second-order valence-electron chi connectivity index (χ2n) is 5.44. The van der Waals surface area contributed by atoms with Crippen LogP contribution < -0.4 is 0 Å². The number of hydrogen-bond donors (Lipinski definition) is 0. The van der Waals surface area contributed by atoms with Crippen molar-refractivity contribution >= 4 is 21.6 Å². The number of benzene rings is 1. The van der Waals surface area contributed by atoms with Crippen LogP contribution in [0.2, 0.25) is 5.15 Å². The van der Waals surface area contributed by atoms with Gasteiger partial charge >= 0.3 is 0 Å². The Labute approximate surface area is 142 Å². The van der Waals surface area contributed by atoms with Gasteiger partial charge in [0.25, 0.3) is 0 Å². The van der Waals surface area contributed by atoms with Gasteiger partial charge in [-0.1, -0.05) is 41.9 Å². The molecule has 0 radical (unpaired) electrons. The summed E-state index contributed by atoms with van der Waals surface area (Å²) < 4.78 is 27.2. The van der Waals surface area contributed by atoms with Gasteiger partial charge in [-0.25, -0.2) is 13.4 Å². The molecular formula is C16H20ClN3O2S. The smallest absolute Gasteiger partial charge is 0.244 e. The zero-order valence-electron chi connectivity index (χ0n) is 13.2. The van der Waals surface area contributed by atoms with Crippen LogP contribution in [0.5, 0.6) is 0 Å². The molecule has 0 amide bonds. The lowest BCUT2D eigenvalue weighted by molar-refractivity contribution is 0.329. The molecule has 0 atom stereocenters. The Morgan fingerprint density at radius 2 is 1.74 bits per heavy atom. The normalized spacial score (nSPS) is 12.0. The monoisotopic (exact) mass is 353 g/mol. The van der Waals surface area contributed by atoms with E-state index >= 15 is 0 Å². The summed E-state index contributed by atoms with van der Waals surface area (Å²) in [6.07, 6.45) is 1.30. The number of likely N-dealkylation sites (N-methyl/N-ethyl adjacent to an activating group) is 1. The molecule has 0 fully saturated rings. The Morgan fingerprint density at radius 3 is 2.30 bits per heavy atom. The van der Waals surface area contributed by atoms with E-state index in [1.54, 1.807) is 0 Å². The molecule has 124 valence electrons. The molecule has 5 nitrogen and oxygen atoms in total. The molecule has 0 aliphatic carbocycles. The van der Waals surface area contributed by atoms with Crippen LogP contribution in [0.4, 0.5) is 0 Å². The van der Waals surface area contributed by atoms with E-state index in [2.05, 4.69) is 4.98 Å². The predicted octanol–water partition coefficient (Wildman–Crippen LogP) is 2.49. The Morgan fingerprint density at radius 1 is 1.04 bits per heavy atom. The van der Waals surface area contributed by atoms with E-state index in [0.29, 0.717) is 19.6 Å². The number of nitrogens with zero attached hydrogens (tertiary/aromatic N) is 3. The number of hydrogen-bond acceptors (Lipinski definition) is 4. The van der Waals surface area contributed by atoms with E-state index < -0.39 is 10.0 Å². The first-order chi connectivity index (χ1) is 10.9. The quantitative estimate of drug-likeness (QED) is 0.718. The van der Waals surface area contributed by atoms with Crippen molar-refractivity contribution in [1.29, 1.82) is 0 Å².